The van der Waals surface area contributed by atoms with Gasteiger partial charge in [0, 0.05) is 26.1 Å². The summed E-state index contributed by atoms with van der Waals surface area (Å²) in [6.45, 7) is 3.16. The van der Waals surface area contributed by atoms with Gasteiger partial charge in [-0.25, -0.2) is 8.78 Å². The molecular weight excluding hydrogens is 278 g/mol. The zero-order valence-corrected chi connectivity index (χ0v) is 12.7. The van der Waals surface area contributed by atoms with Crippen LogP contribution >= 0.6 is 0 Å². The van der Waals surface area contributed by atoms with Gasteiger partial charge in [-0.15, -0.1) is 0 Å². The van der Waals surface area contributed by atoms with Crippen molar-refractivity contribution >= 4 is 11.8 Å². The van der Waals surface area contributed by atoms with Gasteiger partial charge in [-0.05, 0) is 32.4 Å². The summed E-state index contributed by atoms with van der Waals surface area (Å²) in [5, 5.41) is 2.57. The minimum atomic E-state index is -1.06. The van der Waals surface area contributed by atoms with Crippen molar-refractivity contribution in [3.63, 3.8) is 0 Å². The van der Waals surface area contributed by atoms with Gasteiger partial charge in [0.2, 0.25) is 11.8 Å². The Hall–Kier alpha value is -1.98. The molecule has 21 heavy (non-hydrogen) atoms. The third-order valence-electron chi connectivity index (χ3n) is 3.06. The van der Waals surface area contributed by atoms with Gasteiger partial charge in [0.05, 0.1) is 0 Å². The molecule has 0 heterocycles. The minimum absolute atomic E-state index is 0.0590. The Morgan fingerprint density at radius 3 is 2.19 bits per heavy atom. The lowest BCUT2D eigenvalue weighted by atomic mass is 10.0. The van der Waals surface area contributed by atoms with E-state index in [4.69, 9.17) is 0 Å². The molecule has 0 unspecified atom stereocenters. The van der Waals surface area contributed by atoms with Crippen LogP contribution < -0.4 is 5.32 Å². The highest BCUT2D eigenvalue weighted by Crippen LogP contribution is 2.14. The number of benzene rings is 1. The second-order valence-corrected chi connectivity index (χ2v) is 5.57. The van der Waals surface area contributed by atoms with Gasteiger partial charge in [-0.1, -0.05) is 6.07 Å². The second-order valence-electron chi connectivity index (χ2n) is 5.57. The maximum absolute atomic E-state index is 13.4. The standard InChI is InChI=1S/C15H20F2N2O2/c1-15(2,14(21)19(3)4)18-13(20)9-8-10-11(16)6-5-7-12(10)17/h5-7H,8-9H2,1-4H3,(H,18,20). The first-order chi connectivity index (χ1) is 9.65. The van der Waals surface area contributed by atoms with Crippen LogP contribution in [0.15, 0.2) is 18.2 Å². The van der Waals surface area contributed by atoms with Crippen molar-refractivity contribution in [1.82, 2.24) is 10.2 Å². The van der Waals surface area contributed by atoms with Crippen molar-refractivity contribution in [3.05, 3.63) is 35.4 Å². The number of nitrogens with one attached hydrogen (secondary N) is 1. The molecule has 2 amide bonds. The SMILES string of the molecule is CN(C)C(=O)C(C)(C)NC(=O)CCc1c(F)cccc1F. The highest BCUT2D eigenvalue weighted by molar-refractivity contribution is 5.90. The van der Waals surface area contributed by atoms with E-state index in [1.54, 1.807) is 27.9 Å². The fraction of sp³-hybridized carbons (Fsp3) is 0.467. The molecular formula is C15H20F2N2O2. The van der Waals surface area contributed by atoms with Crippen LogP contribution in [0.5, 0.6) is 0 Å². The highest BCUT2D eigenvalue weighted by Gasteiger charge is 2.30. The van der Waals surface area contributed by atoms with E-state index < -0.39 is 23.1 Å². The van der Waals surface area contributed by atoms with Gasteiger partial charge in [-0.2, -0.15) is 0 Å². The highest BCUT2D eigenvalue weighted by atomic mass is 19.1. The lowest BCUT2D eigenvalue weighted by Gasteiger charge is -2.28. The third kappa shape index (κ3) is 4.51. The number of rotatable bonds is 5. The fourth-order valence-electron chi connectivity index (χ4n) is 2.03. The smallest absolute Gasteiger partial charge is 0.247 e. The topological polar surface area (TPSA) is 49.4 Å². The Kier molecular flexibility index (Phi) is 5.41. The first-order valence-electron chi connectivity index (χ1n) is 6.61. The Bertz CT molecular complexity index is 522. The molecule has 0 spiro atoms. The number of nitrogens with zero attached hydrogens (tertiary/aromatic N) is 1. The third-order valence-corrected chi connectivity index (χ3v) is 3.06. The Morgan fingerprint density at radius 2 is 1.71 bits per heavy atom. The summed E-state index contributed by atoms with van der Waals surface area (Å²) in [6, 6.07) is 3.57. The molecule has 0 aliphatic heterocycles. The molecule has 0 radical (unpaired) electrons. The zero-order valence-electron chi connectivity index (χ0n) is 12.7. The van der Waals surface area contributed by atoms with Crippen LogP contribution in [0.2, 0.25) is 0 Å². The number of halogens is 2. The predicted molar refractivity (Wildman–Crippen MR) is 75.6 cm³/mol. The van der Waals surface area contributed by atoms with Gasteiger partial charge in [0.1, 0.15) is 17.2 Å². The van der Waals surface area contributed by atoms with Crippen molar-refractivity contribution < 1.29 is 18.4 Å². The van der Waals surface area contributed by atoms with Gasteiger partial charge >= 0.3 is 0 Å². The molecule has 6 heteroatoms. The van der Waals surface area contributed by atoms with Crippen LogP contribution in [0.3, 0.4) is 0 Å². The predicted octanol–water partition coefficient (Wildman–Crippen LogP) is 1.88. The summed E-state index contributed by atoms with van der Waals surface area (Å²) < 4.78 is 26.9. The van der Waals surface area contributed by atoms with Crippen LogP contribution in [0.1, 0.15) is 25.8 Å². The minimum Gasteiger partial charge on any atom is -0.347 e. The molecule has 0 aliphatic rings. The maximum atomic E-state index is 13.4. The van der Waals surface area contributed by atoms with Gasteiger partial charge in [-0.3, -0.25) is 9.59 Å². The summed E-state index contributed by atoms with van der Waals surface area (Å²) >= 11 is 0. The van der Waals surface area contributed by atoms with E-state index in [9.17, 15) is 18.4 Å². The average Bonchev–Trinajstić information content (AvgIpc) is 2.36. The van der Waals surface area contributed by atoms with Gasteiger partial charge < -0.3 is 10.2 Å². The number of likely N-dealkylation sites (N-methyl/N-ethyl adjacent to an activating group) is 1. The summed E-state index contributed by atoms with van der Waals surface area (Å²) in [6.07, 6.45) is -0.154. The van der Waals surface area contributed by atoms with Gasteiger partial charge in [0.15, 0.2) is 0 Å². The summed E-state index contributed by atoms with van der Waals surface area (Å²) in [5.74, 6) is -2.04. The van der Waals surface area contributed by atoms with E-state index in [-0.39, 0.29) is 24.3 Å². The van der Waals surface area contributed by atoms with Crippen LogP contribution in [0.25, 0.3) is 0 Å². The maximum Gasteiger partial charge on any atom is 0.247 e. The molecule has 1 aromatic rings. The summed E-state index contributed by atoms with van der Waals surface area (Å²) in [5.41, 5.74) is -1.18. The average molecular weight is 298 g/mol. The Labute approximate surface area is 123 Å². The zero-order chi connectivity index (χ0) is 16.2. The molecule has 4 nitrogen and oxygen atoms in total. The van der Waals surface area contributed by atoms with Crippen molar-refractivity contribution in [2.24, 2.45) is 0 Å². The van der Waals surface area contributed by atoms with Crippen molar-refractivity contribution in [1.29, 1.82) is 0 Å². The molecule has 1 N–H and O–H groups in total. The van der Waals surface area contributed by atoms with E-state index in [0.717, 1.165) is 12.1 Å². The van der Waals surface area contributed by atoms with Crippen LogP contribution in [0.4, 0.5) is 8.78 Å². The molecule has 116 valence electrons. The Morgan fingerprint density at radius 1 is 1.19 bits per heavy atom. The number of amides is 2. The molecule has 1 rings (SSSR count). The van der Waals surface area contributed by atoms with Crippen LogP contribution in [-0.4, -0.2) is 36.3 Å². The molecule has 0 atom stereocenters. The van der Waals surface area contributed by atoms with E-state index in [0.29, 0.717) is 0 Å². The largest absolute Gasteiger partial charge is 0.347 e. The van der Waals surface area contributed by atoms with Crippen LogP contribution in [-0.2, 0) is 16.0 Å². The van der Waals surface area contributed by atoms with Crippen molar-refractivity contribution in [3.8, 4) is 0 Å². The first-order valence-corrected chi connectivity index (χ1v) is 6.61. The number of hydrogen-bond acceptors (Lipinski definition) is 2. The first kappa shape index (κ1) is 17.1. The van der Waals surface area contributed by atoms with E-state index in [1.165, 1.54) is 11.0 Å². The van der Waals surface area contributed by atoms with E-state index >= 15 is 0 Å². The number of hydrogen-bond donors (Lipinski definition) is 1. The van der Waals surface area contributed by atoms with E-state index in [1.807, 2.05) is 0 Å². The summed E-state index contributed by atoms with van der Waals surface area (Å²) in [4.78, 5) is 25.1. The van der Waals surface area contributed by atoms with Crippen molar-refractivity contribution in [2.45, 2.75) is 32.2 Å². The van der Waals surface area contributed by atoms with Gasteiger partial charge in [0.25, 0.3) is 0 Å². The fourth-order valence-corrected chi connectivity index (χ4v) is 2.03. The number of carbonyl (C=O) groups excluding carboxylic acids is 2. The lowest BCUT2D eigenvalue weighted by molar-refractivity contribution is -0.138. The lowest BCUT2D eigenvalue weighted by Crippen LogP contribution is -2.54. The molecule has 0 fully saturated rings. The molecule has 1 aromatic carbocycles. The van der Waals surface area contributed by atoms with E-state index in [2.05, 4.69) is 5.32 Å². The molecule has 0 aromatic heterocycles. The Balaban J connectivity index is 2.65. The normalized spacial score (nSPS) is 11.1. The second kappa shape index (κ2) is 6.65. The molecule has 0 saturated heterocycles. The number of carbonyl (C=O) groups is 2. The van der Waals surface area contributed by atoms with Crippen molar-refractivity contribution in [2.75, 3.05) is 14.1 Å². The molecule has 0 bridgehead atoms. The molecule has 0 aliphatic carbocycles. The quantitative estimate of drug-likeness (QED) is 0.902. The molecule has 0 saturated carbocycles. The van der Waals surface area contributed by atoms with Crippen LogP contribution in [0, 0.1) is 11.6 Å². The summed E-state index contributed by atoms with van der Waals surface area (Å²) in [7, 11) is 3.18. The monoisotopic (exact) mass is 298 g/mol.